The zero-order valence-electron chi connectivity index (χ0n) is 26.7. The zero-order valence-corrected chi connectivity index (χ0v) is 32.4. The van der Waals surface area contributed by atoms with Gasteiger partial charge in [-0.05, 0) is 87.1 Å². The molecule has 0 radical (unpaired) electrons. The molecule has 5 rings (SSSR count). The van der Waals surface area contributed by atoms with E-state index in [0.717, 1.165) is 0 Å². The summed E-state index contributed by atoms with van der Waals surface area (Å²) in [5, 5.41) is 6.27. The maximum absolute atomic E-state index is 14.0. The molecule has 0 unspecified atom stereocenters. The first kappa shape index (κ1) is 38.1. The van der Waals surface area contributed by atoms with Crippen molar-refractivity contribution in [3.63, 3.8) is 0 Å². The molecule has 0 aromatic heterocycles. The molecule has 0 atom stereocenters. The van der Waals surface area contributed by atoms with Crippen LogP contribution < -0.4 is 69.7 Å². The van der Waals surface area contributed by atoms with Crippen LogP contribution in [0.3, 0.4) is 0 Å². The molecule has 1 aliphatic carbocycles. The Bertz CT molecular complexity index is 2030. The monoisotopic (exact) mass is 679 g/mol. The average molecular weight is 680 g/mol. The number of hydrogen-bond acceptors (Lipinski definition) is 9. The minimum atomic E-state index is -4.82. The number of ketones is 2. The topological polar surface area (TPSA) is 170 Å². The fourth-order valence-electron chi connectivity index (χ4n) is 6.20. The number of nitrogens with one attached hydrogen (secondary N) is 2. The molecule has 0 saturated heterocycles. The van der Waals surface area contributed by atoms with Crippen molar-refractivity contribution in [3.8, 4) is 0 Å². The van der Waals surface area contributed by atoms with Gasteiger partial charge in [-0.1, -0.05) is 36.4 Å². The van der Waals surface area contributed by atoms with E-state index >= 15 is 0 Å². The molecular weight excluding hydrogens is 650 g/mol. The molecular formula is C32H29N2Na2O8S2+. The number of rotatable bonds is 6. The largest absolute Gasteiger partial charge is 1.00 e. The van der Waals surface area contributed by atoms with E-state index in [9.17, 15) is 35.5 Å². The van der Waals surface area contributed by atoms with Crippen molar-refractivity contribution in [1.82, 2.24) is 0 Å². The minimum absolute atomic E-state index is 0. The molecule has 1 aliphatic rings. The Morgan fingerprint density at radius 2 is 0.978 bits per heavy atom. The van der Waals surface area contributed by atoms with Crippen LogP contribution in [0, 0.1) is 41.5 Å². The number of carbonyl (C=O) groups excluding carboxylic acids is 2. The summed E-state index contributed by atoms with van der Waals surface area (Å²) in [5.74, 6) is -0.921. The van der Waals surface area contributed by atoms with Crippen molar-refractivity contribution in [2.45, 2.75) is 51.3 Å². The maximum atomic E-state index is 14.0. The summed E-state index contributed by atoms with van der Waals surface area (Å²) in [6, 6.07) is 12.6. The van der Waals surface area contributed by atoms with Crippen molar-refractivity contribution in [1.29, 1.82) is 0 Å². The third-order valence-electron chi connectivity index (χ3n) is 7.91. The van der Waals surface area contributed by atoms with Crippen LogP contribution in [-0.4, -0.2) is 37.5 Å². The summed E-state index contributed by atoms with van der Waals surface area (Å²) in [5.41, 5.74) is 3.74. The molecule has 46 heavy (non-hydrogen) atoms. The molecule has 4 aromatic rings. The average Bonchev–Trinajstić information content (AvgIpc) is 2.90. The van der Waals surface area contributed by atoms with Crippen molar-refractivity contribution in [3.05, 3.63) is 104 Å². The second-order valence-electron chi connectivity index (χ2n) is 11.0. The molecule has 0 fully saturated rings. The summed E-state index contributed by atoms with van der Waals surface area (Å²) in [7, 11) is -9.40. The summed E-state index contributed by atoms with van der Waals surface area (Å²) in [6.45, 7) is 9.58. The molecule has 0 bridgehead atoms. The Hall–Kier alpha value is -2.36. The molecule has 0 saturated carbocycles. The van der Waals surface area contributed by atoms with Crippen LogP contribution in [0.15, 0.2) is 58.3 Å². The maximum Gasteiger partial charge on any atom is 1.00 e. The first-order chi connectivity index (χ1) is 20.4. The fourth-order valence-corrected chi connectivity index (χ4v) is 8.09. The van der Waals surface area contributed by atoms with Gasteiger partial charge in [0.15, 0.2) is 11.6 Å². The van der Waals surface area contributed by atoms with Gasteiger partial charge in [0.05, 0.1) is 27.4 Å². The third kappa shape index (κ3) is 6.66. The van der Waals surface area contributed by atoms with E-state index in [2.05, 4.69) is 10.6 Å². The smallest absolute Gasteiger partial charge is 0.744 e. The van der Waals surface area contributed by atoms with Gasteiger partial charge in [-0.3, -0.25) is 14.1 Å². The van der Waals surface area contributed by atoms with Gasteiger partial charge in [-0.2, -0.15) is 8.42 Å². The molecule has 0 aliphatic heterocycles. The van der Waals surface area contributed by atoms with Crippen molar-refractivity contribution in [2.75, 3.05) is 10.6 Å². The Labute approximate surface area is 312 Å². The predicted octanol–water partition coefficient (Wildman–Crippen LogP) is -0.0415. The second-order valence-corrected chi connectivity index (χ2v) is 13.6. The number of hydrogen-bond donors (Lipinski definition) is 3. The normalized spacial score (nSPS) is 12.4. The van der Waals surface area contributed by atoms with Gasteiger partial charge in [-0.25, -0.2) is 8.42 Å². The quantitative estimate of drug-likeness (QED) is 0.164. The molecule has 0 spiro atoms. The van der Waals surface area contributed by atoms with Gasteiger partial charge in [0.1, 0.15) is 15.0 Å². The zero-order chi connectivity index (χ0) is 32.5. The number of benzene rings is 4. The van der Waals surface area contributed by atoms with E-state index in [1.165, 1.54) is 20.8 Å². The summed E-state index contributed by atoms with van der Waals surface area (Å²) >= 11 is 0. The van der Waals surface area contributed by atoms with Crippen LogP contribution >= 0.6 is 0 Å². The number of aryl methyl sites for hydroxylation is 4. The molecule has 0 heterocycles. The van der Waals surface area contributed by atoms with E-state index in [4.69, 9.17) is 0 Å². The molecule has 14 heteroatoms. The number of fused-ring (bicyclic) bond motifs is 2. The van der Waals surface area contributed by atoms with Crippen molar-refractivity contribution < 1.29 is 94.6 Å². The second kappa shape index (κ2) is 13.6. The van der Waals surface area contributed by atoms with Crippen LogP contribution in [0.4, 0.5) is 22.7 Å². The van der Waals surface area contributed by atoms with Crippen LogP contribution in [0.1, 0.15) is 65.2 Å². The van der Waals surface area contributed by atoms with Crippen LogP contribution in [0.5, 0.6) is 0 Å². The van der Waals surface area contributed by atoms with Crippen LogP contribution in [0.2, 0.25) is 0 Å². The Balaban J connectivity index is 0.00000288. The third-order valence-corrected chi connectivity index (χ3v) is 10.2. The van der Waals surface area contributed by atoms with Gasteiger partial charge in [0, 0.05) is 22.5 Å². The summed E-state index contributed by atoms with van der Waals surface area (Å²) in [4.78, 5) is 27.4. The van der Waals surface area contributed by atoms with E-state index < -0.39 is 31.8 Å². The van der Waals surface area contributed by atoms with Crippen LogP contribution in [-0.2, 0) is 20.2 Å². The SMILES string of the molecule is Cc1cc(C)c(S(=O)(=O)[O-])c(C)c1Nc1ccc(Nc2c(C)cc(C)c(S(=O)(=O)O)c2C)c2c1C(=O)c1ccccc1C2=O.[Na+].[Na+]. The first-order valence-corrected chi connectivity index (χ1v) is 16.3. The minimum Gasteiger partial charge on any atom is -0.744 e. The van der Waals surface area contributed by atoms with Crippen molar-refractivity contribution in [2.24, 2.45) is 0 Å². The molecule has 228 valence electrons. The van der Waals surface area contributed by atoms with Crippen molar-refractivity contribution >= 4 is 54.6 Å². The van der Waals surface area contributed by atoms with E-state index in [-0.39, 0.29) is 119 Å². The van der Waals surface area contributed by atoms with Crippen LogP contribution in [0.25, 0.3) is 0 Å². The van der Waals surface area contributed by atoms with Gasteiger partial charge in [-0.15, -0.1) is 0 Å². The summed E-state index contributed by atoms with van der Waals surface area (Å²) in [6.07, 6.45) is 0. The standard InChI is InChI=1S/C32H30N2O8S2.2Na/c1-15-13-17(3)31(43(37,38)39)19(5)27(15)33-23-11-12-24(26-25(23)29(35)21-9-7-8-10-22(21)30(26)36)34-28-16(2)14-18(4)32(20(28)6)44(40,41)42;;/h7-14,33-34H,1-6H3,(H,37,38,39)(H,40,41,42);;/q;2*+1/p-1. The molecule has 3 N–H and O–H groups in total. The van der Waals surface area contributed by atoms with Gasteiger partial charge in [0.2, 0.25) is 0 Å². The summed E-state index contributed by atoms with van der Waals surface area (Å²) < 4.78 is 70.6. The van der Waals surface area contributed by atoms with E-state index in [1.54, 1.807) is 69.3 Å². The Kier molecular flexibility index (Phi) is 11.3. The Morgan fingerprint density at radius 3 is 1.35 bits per heavy atom. The van der Waals surface area contributed by atoms with Gasteiger partial charge in [0.25, 0.3) is 10.1 Å². The molecule has 4 aromatic carbocycles. The Morgan fingerprint density at radius 1 is 0.609 bits per heavy atom. The molecule has 10 nitrogen and oxygen atoms in total. The number of anilines is 4. The van der Waals surface area contributed by atoms with Gasteiger partial charge >= 0.3 is 59.1 Å². The van der Waals surface area contributed by atoms with E-state index in [0.29, 0.717) is 28.1 Å². The molecule has 0 amide bonds. The van der Waals surface area contributed by atoms with E-state index in [1.807, 2.05) is 0 Å². The van der Waals surface area contributed by atoms with Gasteiger partial charge < -0.3 is 15.2 Å². The first-order valence-electron chi connectivity index (χ1n) is 13.5. The predicted molar refractivity (Wildman–Crippen MR) is 165 cm³/mol. The fraction of sp³-hybridized carbons (Fsp3) is 0.188. The number of carbonyl (C=O) groups is 2.